The number of benzene rings is 2. The molecular formula is C16H12BrN3. The first-order valence-electron chi connectivity index (χ1n) is 6.21. The average molecular weight is 326 g/mol. The van der Waals surface area contributed by atoms with Crippen LogP contribution in [0.3, 0.4) is 0 Å². The van der Waals surface area contributed by atoms with Crippen LogP contribution in [0.2, 0.25) is 0 Å². The fourth-order valence-electron chi connectivity index (χ4n) is 2.38. The van der Waals surface area contributed by atoms with Gasteiger partial charge >= 0.3 is 0 Å². The van der Waals surface area contributed by atoms with Gasteiger partial charge in [0.2, 0.25) is 0 Å². The first kappa shape index (κ1) is 12.8. The van der Waals surface area contributed by atoms with Crippen molar-refractivity contribution >= 4 is 32.5 Å². The maximum absolute atomic E-state index is 9.56. The summed E-state index contributed by atoms with van der Waals surface area (Å²) in [4.78, 5) is 3.21. The number of para-hydroxylation sites is 1. The molecule has 0 saturated heterocycles. The van der Waals surface area contributed by atoms with Gasteiger partial charge in [0.05, 0.1) is 12.0 Å². The van der Waals surface area contributed by atoms with Gasteiger partial charge in [0.25, 0.3) is 0 Å². The van der Waals surface area contributed by atoms with Crippen LogP contribution in [-0.2, 0) is 0 Å². The van der Waals surface area contributed by atoms with Crippen LogP contribution in [0.4, 0.5) is 5.69 Å². The number of rotatable bonds is 2. The topological polar surface area (TPSA) is 65.6 Å². The van der Waals surface area contributed by atoms with Gasteiger partial charge in [-0.3, -0.25) is 0 Å². The quantitative estimate of drug-likeness (QED) is 0.694. The minimum Gasteiger partial charge on any atom is -0.398 e. The summed E-state index contributed by atoms with van der Waals surface area (Å²) in [5.74, 6) is -0.317. The Bertz CT molecular complexity index is 814. The lowest BCUT2D eigenvalue weighted by Crippen LogP contribution is -1.98. The Labute approximate surface area is 125 Å². The van der Waals surface area contributed by atoms with Crippen LogP contribution in [0.5, 0.6) is 0 Å². The molecule has 0 saturated carbocycles. The van der Waals surface area contributed by atoms with Gasteiger partial charge in [-0.25, -0.2) is 0 Å². The number of hydrogen-bond donors (Lipinski definition) is 2. The molecule has 1 atom stereocenters. The summed E-state index contributed by atoms with van der Waals surface area (Å²) in [7, 11) is 0. The van der Waals surface area contributed by atoms with E-state index in [0.29, 0.717) is 5.69 Å². The second-order valence-corrected chi connectivity index (χ2v) is 5.49. The molecule has 3 nitrogen and oxygen atoms in total. The van der Waals surface area contributed by atoms with E-state index < -0.39 is 0 Å². The third-order valence-electron chi connectivity index (χ3n) is 3.42. The normalized spacial score (nSPS) is 12.2. The molecule has 0 bridgehead atoms. The third kappa shape index (κ3) is 2.06. The molecule has 0 aliphatic carbocycles. The minimum absolute atomic E-state index is 0.317. The summed E-state index contributed by atoms with van der Waals surface area (Å²) in [6, 6.07) is 16.0. The lowest BCUT2D eigenvalue weighted by Gasteiger charge is -2.10. The number of anilines is 1. The van der Waals surface area contributed by atoms with E-state index in [1.807, 2.05) is 48.7 Å². The largest absolute Gasteiger partial charge is 0.398 e. The van der Waals surface area contributed by atoms with Gasteiger partial charge in [0, 0.05) is 27.3 Å². The molecule has 4 heteroatoms. The van der Waals surface area contributed by atoms with Crippen molar-refractivity contribution in [1.82, 2.24) is 4.98 Å². The van der Waals surface area contributed by atoms with Crippen molar-refractivity contribution in [3.63, 3.8) is 0 Å². The summed E-state index contributed by atoms with van der Waals surface area (Å²) >= 11 is 3.41. The molecule has 1 unspecified atom stereocenters. The summed E-state index contributed by atoms with van der Waals surface area (Å²) in [6.07, 6.45) is 1.91. The second kappa shape index (κ2) is 5.03. The predicted molar refractivity (Wildman–Crippen MR) is 84.3 cm³/mol. The number of nitrogen functional groups attached to an aromatic ring is 1. The van der Waals surface area contributed by atoms with Gasteiger partial charge in [-0.15, -0.1) is 0 Å². The Morgan fingerprint density at radius 1 is 1.20 bits per heavy atom. The van der Waals surface area contributed by atoms with Gasteiger partial charge in [-0.1, -0.05) is 24.3 Å². The number of nitriles is 1. The van der Waals surface area contributed by atoms with Gasteiger partial charge < -0.3 is 10.7 Å². The average Bonchev–Trinajstić information content (AvgIpc) is 2.88. The molecule has 0 spiro atoms. The van der Waals surface area contributed by atoms with Crippen molar-refractivity contribution in [2.75, 3.05) is 5.73 Å². The van der Waals surface area contributed by atoms with E-state index in [2.05, 4.69) is 27.0 Å². The van der Waals surface area contributed by atoms with Crippen molar-refractivity contribution < 1.29 is 0 Å². The molecule has 3 aromatic rings. The number of nitrogens with two attached hydrogens (primary N) is 1. The highest BCUT2D eigenvalue weighted by Crippen LogP contribution is 2.32. The van der Waals surface area contributed by atoms with E-state index in [1.54, 1.807) is 0 Å². The maximum atomic E-state index is 9.56. The number of aromatic amines is 1. The molecule has 20 heavy (non-hydrogen) atoms. The first-order chi connectivity index (χ1) is 9.70. The lowest BCUT2D eigenvalue weighted by atomic mass is 9.92. The Balaban J connectivity index is 2.14. The highest BCUT2D eigenvalue weighted by atomic mass is 79.9. The third-order valence-corrected chi connectivity index (χ3v) is 4.11. The standard InChI is InChI=1S/C16H12BrN3/c17-14-7-10(5-6-15(14)19)12(8-18)13-9-20-16-4-2-1-3-11(13)16/h1-7,9,12,20H,19H2. The number of hydrogen-bond acceptors (Lipinski definition) is 2. The van der Waals surface area contributed by atoms with Crippen LogP contribution in [0, 0.1) is 11.3 Å². The molecule has 0 aliphatic rings. The fourth-order valence-corrected chi connectivity index (χ4v) is 2.78. The van der Waals surface area contributed by atoms with E-state index in [-0.39, 0.29) is 5.92 Å². The zero-order valence-electron chi connectivity index (χ0n) is 10.6. The molecule has 98 valence electrons. The molecule has 1 heterocycles. The number of nitrogens with one attached hydrogen (secondary N) is 1. The van der Waals surface area contributed by atoms with Crippen LogP contribution in [0.1, 0.15) is 17.0 Å². The van der Waals surface area contributed by atoms with E-state index >= 15 is 0 Å². The van der Waals surface area contributed by atoms with Crippen molar-refractivity contribution in [1.29, 1.82) is 5.26 Å². The Hall–Kier alpha value is -2.25. The van der Waals surface area contributed by atoms with Crippen LogP contribution >= 0.6 is 15.9 Å². The summed E-state index contributed by atoms with van der Waals surface area (Å²) < 4.78 is 0.815. The van der Waals surface area contributed by atoms with Crippen LogP contribution in [-0.4, -0.2) is 4.98 Å². The SMILES string of the molecule is N#CC(c1ccc(N)c(Br)c1)c1c[nH]c2ccccc12. The zero-order valence-corrected chi connectivity index (χ0v) is 12.2. The van der Waals surface area contributed by atoms with E-state index in [4.69, 9.17) is 5.73 Å². The van der Waals surface area contributed by atoms with Crippen molar-refractivity contribution in [3.05, 3.63) is 64.3 Å². The number of nitrogens with zero attached hydrogens (tertiary/aromatic N) is 1. The van der Waals surface area contributed by atoms with Gasteiger partial charge in [-0.2, -0.15) is 5.26 Å². The molecule has 3 rings (SSSR count). The van der Waals surface area contributed by atoms with E-state index in [9.17, 15) is 5.26 Å². The van der Waals surface area contributed by atoms with Crippen molar-refractivity contribution in [2.45, 2.75) is 5.92 Å². The number of H-pyrrole nitrogens is 1. The van der Waals surface area contributed by atoms with Gasteiger partial charge in [0.1, 0.15) is 0 Å². The van der Waals surface area contributed by atoms with Gasteiger partial charge in [-0.05, 0) is 45.3 Å². The summed E-state index contributed by atoms with van der Waals surface area (Å²) in [6.45, 7) is 0. The molecule has 0 radical (unpaired) electrons. The fraction of sp³-hybridized carbons (Fsp3) is 0.0625. The van der Waals surface area contributed by atoms with Crippen LogP contribution < -0.4 is 5.73 Å². The first-order valence-corrected chi connectivity index (χ1v) is 7.00. The monoisotopic (exact) mass is 325 g/mol. The highest BCUT2D eigenvalue weighted by Gasteiger charge is 2.18. The zero-order chi connectivity index (χ0) is 14.1. The molecule has 0 amide bonds. The number of fused-ring (bicyclic) bond motifs is 1. The Kier molecular flexibility index (Phi) is 3.21. The molecular weight excluding hydrogens is 314 g/mol. The van der Waals surface area contributed by atoms with E-state index in [1.165, 1.54) is 0 Å². The highest BCUT2D eigenvalue weighted by molar-refractivity contribution is 9.10. The number of halogens is 1. The second-order valence-electron chi connectivity index (χ2n) is 4.63. The molecule has 3 N–H and O–H groups in total. The molecule has 2 aromatic carbocycles. The van der Waals surface area contributed by atoms with Crippen molar-refractivity contribution in [3.8, 4) is 6.07 Å². The minimum atomic E-state index is -0.317. The predicted octanol–water partition coefficient (Wildman–Crippen LogP) is 4.17. The van der Waals surface area contributed by atoms with E-state index in [0.717, 1.165) is 26.5 Å². The van der Waals surface area contributed by atoms with Crippen LogP contribution in [0.25, 0.3) is 10.9 Å². The van der Waals surface area contributed by atoms with Crippen LogP contribution in [0.15, 0.2) is 53.1 Å². The van der Waals surface area contributed by atoms with Crippen molar-refractivity contribution in [2.24, 2.45) is 0 Å². The number of aromatic nitrogens is 1. The summed E-state index contributed by atoms with van der Waals surface area (Å²) in [5.41, 5.74) is 9.43. The molecule has 1 aromatic heterocycles. The smallest absolute Gasteiger partial charge is 0.0983 e. The lowest BCUT2D eigenvalue weighted by molar-refractivity contribution is 1.05. The summed E-state index contributed by atoms with van der Waals surface area (Å²) in [5, 5.41) is 10.6. The molecule has 0 fully saturated rings. The molecule has 0 aliphatic heterocycles. The maximum Gasteiger partial charge on any atom is 0.0983 e. The Morgan fingerprint density at radius 3 is 2.75 bits per heavy atom. The van der Waals surface area contributed by atoms with Gasteiger partial charge in [0.15, 0.2) is 0 Å². The Morgan fingerprint density at radius 2 is 2.00 bits per heavy atom.